The number of aromatic nitrogens is 7. The van der Waals surface area contributed by atoms with E-state index in [9.17, 15) is 44.3 Å². The Morgan fingerprint density at radius 2 is 0.893 bits per heavy atom. The summed E-state index contributed by atoms with van der Waals surface area (Å²) in [6, 6.07) is 21.7. The third-order valence-corrected chi connectivity index (χ3v) is 13.7. The molecule has 4 aromatic heterocycles. The number of fused-ring (bicyclic) bond motifs is 1. The van der Waals surface area contributed by atoms with E-state index < -0.39 is 62.5 Å². The molecule has 0 aliphatic carbocycles. The van der Waals surface area contributed by atoms with Crippen molar-refractivity contribution in [3.63, 3.8) is 0 Å². The van der Waals surface area contributed by atoms with Crippen LogP contribution >= 0.6 is 31.9 Å². The van der Waals surface area contributed by atoms with Crippen molar-refractivity contribution in [3.8, 4) is 28.7 Å². The quantitative estimate of drug-likeness (QED) is 0.0220. The number of benzene rings is 6. The molecule has 0 saturated carbocycles. The van der Waals surface area contributed by atoms with Crippen LogP contribution in [0.15, 0.2) is 142 Å². The van der Waals surface area contributed by atoms with Crippen molar-refractivity contribution < 1.29 is 143 Å². The van der Waals surface area contributed by atoms with E-state index in [4.69, 9.17) is 82.2 Å². The fourth-order valence-electron chi connectivity index (χ4n) is 7.46. The second-order valence-electron chi connectivity index (χ2n) is 18.6. The number of methoxy groups -OCH3 is 6. The zero-order valence-electron chi connectivity index (χ0n) is 58.5. The van der Waals surface area contributed by atoms with Crippen LogP contribution < -0.4 is 88.4 Å². The molecule has 0 unspecified atom stereocenters. The molecule has 112 heavy (non-hydrogen) atoms. The molecule has 40 heteroatoms. The first-order chi connectivity index (χ1) is 48.6. The molecule has 1 amide bonds. The van der Waals surface area contributed by atoms with E-state index in [1.807, 2.05) is 29.1 Å². The van der Waals surface area contributed by atoms with E-state index in [1.54, 1.807) is 54.6 Å². The number of carbonyl (C=O) groups excluding carboxylic acids is 2. The van der Waals surface area contributed by atoms with Crippen LogP contribution in [0.4, 0.5) is 60.6 Å². The van der Waals surface area contributed by atoms with Gasteiger partial charge in [0.1, 0.15) is 69.0 Å². The minimum Gasteiger partial charge on any atom is -1.00 e. The monoisotopic (exact) mass is 1720 g/mol. The fraction of sp³-hybridized carbons (Fsp3) is 0.264. The Hall–Kier alpha value is -10.4. The van der Waals surface area contributed by atoms with Crippen molar-refractivity contribution >= 4 is 107 Å². The number of hydroxylamine groups is 1. The molecule has 28 nitrogen and oxygen atoms in total. The molecule has 0 aliphatic heterocycles. The molecule has 4 heterocycles. The fourth-order valence-corrected chi connectivity index (χ4v) is 8.79. The number of rotatable bonds is 12. The molecular formula is C72H88BBr2F6LiN14NaO14S. The number of aliphatic hydroxyl groups excluding tert-OH is 1. The number of halogens is 8. The number of nitrogens with one attached hydrogen (secondary N) is 1. The maximum atomic E-state index is 13.6. The standard InChI is InChI=1S/C12H10FN3O.C12H12N4O2.C10H8FNO3.C9H8FNO2.C8H5BrFNO.C7H2BrF2N.C4H6N2O2S.C2H5NO2.CH3O.7CH4.B.Li.Na.H/c1-14-12-10(13)6-9(7-11(12)17-2)8-16-5-3-4-15-16;1-17-9-5-8(7-16-4-2-3-14-16)6-10-11(9)12(13)15-18-10;1-12-9-7(11)4-6(10(13)15-3)5-8(9)14-2;1-11-9-7(10)3-6(5-12)4-8(9)13-2;1-11-8-6(10)3-5(9)4-7(8)12-2;1-11-7-5(9)2-4(8)3-6(7)10;1-9(7,8)6-4-2-3-5-6;1-2(4)3-5;1-2;;;;;;;;;;;/h3-7H,8H2,2H3;2-6H,7H2,1H3,(H2,13,15);4-5H,2-3H3;3-4,12H,5H2,2H3;3-4H,2H3;2-3H;2-4H,1H3;5H,1H3,(H,3,4);1H3;7*1H4;;;;/q;;;;;;;;-1;;;;;;;;;2*+1;-1. The van der Waals surface area contributed by atoms with Crippen LogP contribution in [0.2, 0.25) is 0 Å². The van der Waals surface area contributed by atoms with E-state index in [0.717, 1.165) is 47.3 Å². The molecule has 5 N–H and O–H groups in total. The van der Waals surface area contributed by atoms with Gasteiger partial charge in [-0.1, -0.05) is 89.0 Å². The molecule has 0 spiro atoms. The molecule has 597 valence electrons. The average molecular weight is 1720 g/mol. The predicted octanol–water partition coefficient (Wildman–Crippen LogP) is 11.1. The van der Waals surface area contributed by atoms with E-state index >= 15 is 0 Å². The predicted molar refractivity (Wildman–Crippen MR) is 418 cm³/mol. The van der Waals surface area contributed by atoms with Crippen molar-refractivity contribution in [3.05, 3.63) is 251 Å². The summed E-state index contributed by atoms with van der Waals surface area (Å²) >= 11 is 5.99. The summed E-state index contributed by atoms with van der Waals surface area (Å²) in [6.07, 6.45) is 11.0. The van der Waals surface area contributed by atoms with Gasteiger partial charge in [0.2, 0.25) is 5.91 Å². The van der Waals surface area contributed by atoms with Crippen molar-refractivity contribution in [1.29, 1.82) is 0 Å². The zero-order chi connectivity index (χ0) is 76.8. The van der Waals surface area contributed by atoms with Gasteiger partial charge in [0.15, 0.2) is 11.4 Å². The molecule has 0 aliphatic rings. The molecule has 6 aromatic carbocycles. The van der Waals surface area contributed by atoms with Crippen LogP contribution in [0, 0.1) is 67.8 Å². The van der Waals surface area contributed by atoms with E-state index in [-0.39, 0.29) is 168 Å². The number of aliphatic hydroxyl groups is 1. The molecule has 0 saturated heterocycles. The summed E-state index contributed by atoms with van der Waals surface area (Å²) in [5.74, 6) is -3.74. The van der Waals surface area contributed by atoms with Crippen molar-refractivity contribution in [2.45, 2.75) is 78.6 Å². The molecular weight excluding hydrogens is 1630 g/mol. The normalized spacial score (nSPS) is 8.78. The first-order valence-electron chi connectivity index (χ1n) is 27.6. The van der Waals surface area contributed by atoms with Gasteiger partial charge in [0.05, 0.1) is 113 Å². The number of hydrogen-bond acceptors (Lipinski definition) is 19. The van der Waals surface area contributed by atoms with Gasteiger partial charge in [-0.15, -0.1) is 0 Å². The molecule has 3 radical (unpaired) electrons. The van der Waals surface area contributed by atoms with Gasteiger partial charge in [-0.2, -0.15) is 26.5 Å². The minimum atomic E-state index is -3.15. The number of hydrogen-bond donors (Lipinski definition) is 4. The first-order valence-corrected chi connectivity index (χ1v) is 31.1. The number of anilines is 1. The van der Waals surface area contributed by atoms with Gasteiger partial charge in [0, 0.05) is 55.3 Å². The number of nitrogen functional groups attached to an aromatic ring is 1. The Morgan fingerprint density at radius 1 is 0.562 bits per heavy atom. The third kappa shape index (κ3) is 38.0. The third-order valence-electron chi connectivity index (χ3n) is 11.9. The summed E-state index contributed by atoms with van der Waals surface area (Å²) in [4.78, 5) is 35.3. The van der Waals surface area contributed by atoms with Crippen LogP contribution in [0.3, 0.4) is 0 Å². The number of esters is 1. The largest absolute Gasteiger partial charge is 1.00 e. The number of ether oxygens (including phenoxy) is 6. The molecule has 10 aromatic rings. The van der Waals surface area contributed by atoms with E-state index in [2.05, 4.69) is 81.3 Å². The van der Waals surface area contributed by atoms with Crippen molar-refractivity contribution in [2.75, 3.05) is 61.8 Å². The zero-order valence-corrected chi connectivity index (χ0v) is 63.5. The van der Waals surface area contributed by atoms with Crippen LogP contribution in [-0.4, -0.2) is 129 Å². The second-order valence-corrected chi connectivity index (χ2v) is 22.3. The summed E-state index contributed by atoms with van der Waals surface area (Å²) in [7, 11) is 5.85. The topological polar surface area (TPSA) is 327 Å². The van der Waals surface area contributed by atoms with Crippen LogP contribution in [0.5, 0.6) is 28.7 Å². The Bertz CT molecular complexity index is 4750. The van der Waals surface area contributed by atoms with Crippen molar-refractivity contribution in [2.24, 2.45) is 0 Å². The maximum absolute atomic E-state index is 13.6. The number of carbonyl (C=O) groups is 2. The Kier molecular flexibility index (Phi) is 66.7. The number of amides is 1. The van der Waals surface area contributed by atoms with Gasteiger partial charge in [-0.25, -0.2) is 69.3 Å². The Morgan fingerprint density at radius 3 is 1.23 bits per heavy atom. The smallest absolute Gasteiger partial charge is 1.00 e. The van der Waals surface area contributed by atoms with E-state index in [0.29, 0.717) is 55.7 Å². The van der Waals surface area contributed by atoms with Gasteiger partial charge in [0.25, 0.3) is 38.5 Å². The van der Waals surface area contributed by atoms with Gasteiger partial charge < -0.3 is 50.3 Å². The molecule has 0 bridgehead atoms. The average Bonchev–Trinajstić information content (AvgIpc) is 0.941. The van der Waals surface area contributed by atoms with Gasteiger partial charge in [-0.3, -0.25) is 19.4 Å². The SMILES string of the molecule is C.C.C.C.C.C.C.CC(=O)NO.COc1cc(Cn2cccn2)cc2onc(N)c12.CS(=O)(=O)n1cccn1.C[O-].[B].[C-]#[N+]c1c(F)cc(Br)cc1F.[C-]#[N+]c1c(F)cc(Br)cc1OC.[C-]#[N+]c1c(F)cc(C(=O)OC)cc1OC.[C-]#[N+]c1c(F)cc(CO)cc1OC.[C-]#[N+]c1c(F)cc(Cn2cccn2)cc1OC.[H-].[Li+].[Na+]. The van der Waals surface area contributed by atoms with Crippen LogP contribution in [0.25, 0.3) is 35.2 Å². The molecule has 0 atom stereocenters. The second kappa shape index (κ2) is 62.3. The molecule has 0 fully saturated rings. The Balaban J connectivity index is -0.000000134. The van der Waals surface area contributed by atoms with Crippen molar-refractivity contribution in [1.82, 2.24) is 39.4 Å². The summed E-state index contributed by atoms with van der Waals surface area (Å²) in [5.41, 5.74) is 8.74. The summed E-state index contributed by atoms with van der Waals surface area (Å²) < 4.78 is 139. The van der Waals surface area contributed by atoms with Crippen LogP contribution in [0.1, 0.15) is 87.4 Å². The number of nitrogens with zero attached hydrogens (tertiary/aromatic N) is 12. The first kappa shape index (κ1) is 120. The maximum Gasteiger partial charge on any atom is 1.00 e. The van der Waals surface area contributed by atoms with Gasteiger partial charge in [-0.05, 0) is 108 Å². The summed E-state index contributed by atoms with van der Waals surface area (Å²) in [5, 5.41) is 40.7. The Labute approximate surface area is 704 Å². The number of nitrogens with two attached hydrogens (primary N) is 1. The van der Waals surface area contributed by atoms with Crippen LogP contribution in [-0.2, 0) is 39.3 Å². The summed E-state index contributed by atoms with van der Waals surface area (Å²) in [6.45, 7) is 35.5. The minimum absolute atomic E-state index is 0. The van der Waals surface area contributed by atoms with E-state index in [1.165, 1.54) is 84.6 Å². The van der Waals surface area contributed by atoms with Gasteiger partial charge >= 0.3 is 54.4 Å². The molecule has 10 rings (SSSR count).